The largest absolute Gasteiger partial charge is 0.441 e. The Hall–Kier alpha value is -3.47. The minimum absolute atomic E-state index is 0.296. The summed E-state index contributed by atoms with van der Waals surface area (Å²) in [4.78, 5) is 19.4. The summed E-state index contributed by atoms with van der Waals surface area (Å²) in [5.41, 5.74) is 5.57. The molecule has 5 heteroatoms. The first kappa shape index (κ1) is 21.8. The van der Waals surface area contributed by atoms with Crippen LogP contribution >= 0.6 is 0 Å². The number of nitrogens with zero attached hydrogens (tertiary/aromatic N) is 3. The molecule has 0 bridgehead atoms. The van der Waals surface area contributed by atoms with Gasteiger partial charge in [-0.15, -0.1) is 0 Å². The first-order valence-electron chi connectivity index (χ1n) is 10.9. The smallest absolute Gasteiger partial charge is 0.340 e. The van der Waals surface area contributed by atoms with Crippen LogP contribution in [0.1, 0.15) is 34.0 Å². The number of ether oxygens (including phenoxy) is 1. The first-order valence-corrected chi connectivity index (χ1v) is 10.9. The fourth-order valence-electron chi connectivity index (χ4n) is 4.26. The summed E-state index contributed by atoms with van der Waals surface area (Å²) in [5.74, 6) is -0.296. The molecule has 0 radical (unpaired) electrons. The van der Waals surface area contributed by atoms with Crippen LogP contribution in [-0.4, -0.2) is 47.8 Å². The number of anilines is 3. The molecule has 4 rings (SSSR count). The van der Waals surface area contributed by atoms with Crippen molar-refractivity contribution in [3.63, 3.8) is 0 Å². The van der Waals surface area contributed by atoms with E-state index in [2.05, 4.69) is 72.3 Å². The lowest BCUT2D eigenvalue weighted by molar-refractivity contribution is 0.0251. The van der Waals surface area contributed by atoms with E-state index in [9.17, 15) is 4.79 Å². The summed E-state index contributed by atoms with van der Waals surface area (Å²) >= 11 is 0. The highest BCUT2D eigenvalue weighted by molar-refractivity contribution is 5.97. The zero-order chi connectivity index (χ0) is 23.0. The fourth-order valence-corrected chi connectivity index (χ4v) is 4.26. The normalized spacial score (nSPS) is 17.0. The molecule has 0 aromatic heterocycles. The van der Waals surface area contributed by atoms with Crippen LogP contribution in [0.25, 0.3) is 0 Å². The highest BCUT2D eigenvalue weighted by Crippen LogP contribution is 2.48. The van der Waals surface area contributed by atoms with E-state index in [-0.39, 0.29) is 5.97 Å². The van der Waals surface area contributed by atoms with Crippen molar-refractivity contribution in [3.8, 4) is 0 Å². The van der Waals surface area contributed by atoms with Crippen molar-refractivity contribution in [3.05, 3.63) is 89.0 Å². The molecule has 0 saturated heterocycles. The number of carbonyl (C=O) groups excluding carboxylic acids is 1. The predicted molar refractivity (Wildman–Crippen MR) is 132 cm³/mol. The Labute approximate surface area is 190 Å². The Balaban J connectivity index is 1.92. The fraction of sp³-hybridized carbons (Fsp3) is 0.296. The van der Waals surface area contributed by atoms with Gasteiger partial charge in [0.15, 0.2) is 5.60 Å². The second-order valence-corrected chi connectivity index (χ2v) is 8.70. The summed E-state index contributed by atoms with van der Waals surface area (Å²) < 4.78 is 6.27. The van der Waals surface area contributed by atoms with Crippen molar-refractivity contribution < 1.29 is 9.53 Å². The van der Waals surface area contributed by atoms with Crippen LogP contribution in [0.4, 0.5) is 17.1 Å². The SMILES string of the molecule is CCN(C)c1ccc(C2(c3ccc(N(C)C)cc3)OC(=O)c3cc(N(C)C)ccc32)cc1. The zero-order valence-corrected chi connectivity index (χ0v) is 19.7. The molecule has 1 aliphatic heterocycles. The van der Waals surface area contributed by atoms with E-state index in [0.29, 0.717) is 5.56 Å². The molecular formula is C27H31N3O2. The van der Waals surface area contributed by atoms with Gasteiger partial charge in [0.1, 0.15) is 0 Å². The lowest BCUT2D eigenvalue weighted by Gasteiger charge is -2.31. The van der Waals surface area contributed by atoms with Crippen LogP contribution in [0.15, 0.2) is 66.7 Å². The van der Waals surface area contributed by atoms with Gasteiger partial charge in [0, 0.05) is 75.5 Å². The molecule has 1 aliphatic rings. The van der Waals surface area contributed by atoms with Crippen LogP contribution in [-0.2, 0) is 10.3 Å². The summed E-state index contributed by atoms with van der Waals surface area (Å²) in [7, 11) is 10.0. The molecule has 32 heavy (non-hydrogen) atoms. The third-order valence-corrected chi connectivity index (χ3v) is 6.34. The second-order valence-electron chi connectivity index (χ2n) is 8.70. The number of cyclic esters (lactones) is 1. The van der Waals surface area contributed by atoms with Gasteiger partial charge in [-0.25, -0.2) is 4.79 Å². The van der Waals surface area contributed by atoms with Crippen molar-refractivity contribution in [2.45, 2.75) is 12.5 Å². The van der Waals surface area contributed by atoms with Crippen molar-refractivity contribution in [1.29, 1.82) is 0 Å². The Morgan fingerprint density at radius 1 is 0.719 bits per heavy atom. The molecule has 3 aromatic rings. The van der Waals surface area contributed by atoms with E-state index in [1.54, 1.807) is 0 Å². The van der Waals surface area contributed by atoms with E-state index in [4.69, 9.17) is 4.74 Å². The van der Waals surface area contributed by atoms with E-state index >= 15 is 0 Å². The number of hydrogen-bond donors (Lipinski definition) is 0. The number of fused-ring (bicyclic) bond motifs is 1. The van der Waals surface area contributed by atoms with Crippen molar-refractivity contribution in [1.82, 2.24) is 0 Å². The van der Waals surface area contributed by atoms with Crippen molar-refractivity contribution in [2.24, 2.45) is 0 Å². The van der Waals surface area contributed by atoms with E-state index in [0.717, 1.165) is 40.3 Å². The Morgan fingerprint density at radius 2 is 1.22 bits per heavy atom. The maximum absolute atomic E-state index is 13.1. The van der Waals surface area contributed by atoms with Gasteiger partial charge in [-0.2, -0.15) is 0 Å². The monoisotopic (exact) mass is 429 g/mol. The van der Waals surface area contributed by atoms with Crippen molar-refractivity contribution in [2.75, 3.05) is 56.5 Å². The van der Waals surface area contributed by atoms with E-state index in [1.165, 1.54) is 0 Å². The van der Waals surface area contributed by atoms with Crippen LogP contribution in [0.2, 0.25) is 0 Å². The molecule has 0 saturated carbocycles. The third kappa shape index (κ3) is 3.48. The van der Waals surface area contributed by atoms with Gasteiger partial charge in [0.2, 0.25) is 0 Å². The standard InChI is InChI=1S/C27H31N3O2/c1-7-30(6)22-14-10-20(11-15-22)27(19-8-12-21(13-9-19)28(2)3)25-17-16-23(29(4)5)18-24(25)26(31)32-27/h8-18H,7H2,1-6H3. The highest BCUT2D eigenvalue weighted by atomic mass is 16.6. The average Bonchev–Trinajstić information content (AvgIpc) is 3.11. The topological polar surface area (TPSA) is 36.0 Å². The molecule has 1 heterocycles. The van der Waals surface area contributed by atoms with Crippen LogP contribution in [0.3, 0.4) is 0 Å². The average molecular weight is 430 g/mol. The van der Waals surface area contributed by atoms with Gasteiger partial charge in [-0.05, 0) is 43.3 Å². The predicted octanol–water partition coefficient (Wildman–Crippen LogP) is 4.74. The second kappa shape index (κ2) is 8.23. The molecule has 1 atom stereocenters. The van der Waals surface area contributed by atoms with Crippen LogP contribution in [0.5, 0.6) is 0 Å². The summed E-state index contributed by atoms with van der Waals surface area (Å²) in [6.45, 7) is 3.04. The molecular weight excluding hydrogens is 398 g/mol. The number of carbonyl (C=O) groups is 1. The lowest BCUT2D eigenvalue weighted by atomic mass is 9.79. The minimum Gasteiger partial charge on any atom is -0.441 e. The highest BCUT2D eigenvalue weighted by Gasteiger charge is 2.48. The van der Waals surface area contributed by atoms with Crippen LogP contribution in [0, 0.1) is 0 Å². The third-order valence-electron chi connectivity index (χ3n) is 6.34. The molecule has 1 unspecified atom stereocenters. The molecule has 0 N–H and O–H groups in total. The number of rotatable bonds is 6. The van der Waals surface area contributed by atoms with Gasteiger partial charge in [0.25, 0.3) is 0 Å². The number of hydrogen-bond acceptors (Lipinski definition) is 5. The molecule has 3 aromatic carbocycles. The number of esters is 1. The number of benzene rings is 3. The molecule has 0 aliphatic carbocycles. The molecule has 166 valence electrons. The van der Waals surface area contributed by atoms with Gasteiger partial charge in [-0.1, -0.05) is 30.3 Å². The summed E-state index contributed by atoms with van der Waals surface area (Å²) in [5, 5.41) is 0. The van der Waals surface area contributed by atoms with Crippen LogP contribution < -0.4 is 14.7 Å². The lowest BCUT2D eigenvalue weighted by Crippen LogP contribution is -2.29. The minimum atomic E-state index is -0.981. The van der Waals surface area contributed by atoms with E-state index < -0.39 is 5.60 Å². The summed E-state index contributed by atoms with van der Waals surface area (Å²) in [6.07, 6.45) is 0. The van der Waals surface area contributed by atoms with Gasteiger partial charge in [-0.3, -0.25) is 0 Å². The Kier molecular flexibility index (Phi) is 5.59. The molecule has 0 fully saturated rings. The molecule has 5 nitrogen and oxygen atoms in total. The zero-order valence-electron chi connectivity index (χ0n) is 19.7. The molecule has 0 spiro atoms. The molecule has 0 amide bonds. The Bertz CT molecular complexity index is 1120. The Morgan fingerprint density at radius 3 is 1.72 bits per heavy atom. The first-order chi connectivity index (χ1) is 15.3. The maximum atomic E-state index is 13.1. The quantitative estimate of drug-likeness (QED) is 0.529. The maximum Gasteiger partial charge on any atom is 0.340 e. The van der Waals surface area contributed by atoms with E-state index in [1.807, 2.05) is 51.3 Å². The van der Waals surface area contributed by atoms with Gasteiger partial charge < -0.3 is 19.4 Å². The van der Waals surface area contributed by atoms with Gasteiger partial charge >= 0.3 is 5.97 Å². The van der Waals surface area contributed by atoms with Gasteiger partial charge in [0.05, 0.1) is 5.56 Å². The summed E-state index contributed by atoms with van der Waals surface area (Å²) in [6, 6.07) is 22.6. The van der Waals surface area contributed by atoms with Crippen molar-refractivity contribution >= 4 is 23.0 Å².